The molecule has 4 nitrogen and oxygen atoms in total. The summed E-state index contributed by atoms with van der Waals surface area (Å²) in [5.74, 6) is -0.850. The van der Waals surface area contributed by atoms with Crippen LogP contribution in [-0.4, -0.2) is 22.8 Å². The minimum Gasteiger partial charge on any atom is -0.272 e. The summed E-state index contributed by atoms with van der Waals surface area (Å²) >= 11 is 0. The maximum atomic E-state index is 12.1. The van der Waals surface area contributed by atoms with E-state index in [1.807, 2.05) is 25.1 Å². The van der Waals surface area contributed by atoms with Crippen LogP contribution in [0.15, 0.2) is 30.3 Å². The van der Waals surface area contributed by atoms with Crippen LogP contribution in [0.25, 0.3) is 0 Å². The summed E-state index contributed by atoms with van der Waals surface area (Å²) in [4.78, 5) is 23.8. The number of amides is 2. The van der Waals surface area contributed by atoms with Gasteiger partial charge in [0.25, 0.3) is 11.8 Å². The van der Waals surface area contributed by atoms with Gasteiger partial charge in [0, 0.05) is 0 Å². The van der Waals surface area contributed by atoms with Crippen molar-refractivity contribution >= 4 is 65.7 Å². The molecule has 1 aliphatic rings. The fourth-order valence-corrected chi connectivity index (χ4v) is 1.94. The number of carbonyl (C=O) groups excluding carboxylic acids is 2. The van der Waals surface area contributed by atoms with Gasteiger partial charge in [-0.2, -0.15) is 0 Å². The van der Waals surface area contributed by atoms with Crippen molar-refractivity contribution < 1.29 is 9.59 Å². The zero-order valence-electron chi connectivity index (χ0n) is 11.1. The second kappa shape index (κ2) is 11.9. The standard InChI is InChI=1S/C13H16N2O2.3ClH.H4Si/c1-2-3-9-11-12(16)14-15(13(11)17)10-7-5-4-6-8-10;;;;/h4-8,11H,2-3,9H2,1H3,(H,14,16);3*1H;1H4. The molecule has 1 saturated heterocycles. The number of benzene rings is 1. The SMILES string of the molecule is CCCCC1C(=O)NN(c2ccccc2)C1=O.Cl.Cl.Cl.[SiH4]. The second-order valence-electron chi connectivity index (χ2n) is 4.18. The fourth-order valence-electron chi connectivity index (χ4n) is 1.94. The van der Waals surface area contributed by atoms with E-state index < -0.39 is 5.92 Å². The van der Waals surface area contributed by atoms with E-state index in [9.17, 15) is 9.59 Å². The molecule has 1 aliphatic heterocycles. The van der Waals surface area contributed by atoms with E-state index in [0.717, 1.165) is 12.8 Å². The van der Waals surface area contributed by atoms with Crippen LogP contribution in [0.1, 0.15) is 26.2 Å². The zero-order valence-corrected chi connectivity index (χ0v) is 13.5. The number of rotatable bonds is 4. The first-order valence-corrected chi connectivity index (χ1v) is 5.93. The Bertz CT molecular complexity index is 435. The first kappa shape index (κ1) is 25.2. The maximum absolute atomic E-state index is 12.1. The fraction of sp³-hybridized carbons (Fsp3) is 0.385. The van der Waals surface area contributed by atoms with Crippen LogP contribution >= 0.6 is 37.2 Å². The summed E-state index contributed by atoms with van der Waals surface area (Å²) in [6.45, 7) is 2.05. The van der Waals surface area contributed by atoms with E-state index in [1.54, 1.807) is 12.1 Å². The number of carbonyl (C=O) groups is 2. The van der Waals surface area contributed by atoms with E-state index in [4.69, 9.17) is 0 Å². The van der Waals surface area contributed by atoms with Gasteiger partial charge in [-0.1, -0.05) is 38.0 Å². The van der Waals surface area contributed by atoms with Crippen LogP contribution in [0.4, 0.5) is 5.69 Å². The lowest BCUT2D eigenvalue weighted by Gasteiger charge is -2.14. The number of nitrogens with zero attached hydrogens (tertiary/aromatic N) is 1. The van der Waals surface area contributed by atoms with Gasteiger partial charge in [0.2, 0.25) is 0 Å². The Morgan fingerprint density at radius 3 is 2.19 bits per heavy atom. The molecule has 0 aliphatic carbocycles. The van der Waals surface area contributed by atoms with Gasteiger partial charge in [0.15, 0.2) is 0 Å². The smallest absolute Gasteiger partial charge is 0.258 e. The van der Waals surface area contributed by atoms with Gasteiger partial charge in [-0.15, -0.1) is 37.2 Å². The van der Waals surface area contributed by atoms with Gasteiger partial charge < -0.3 is 0 Å². The van der Waals surface area contributed by atoms with Crippen molar-refractivity contribution in [3.8, 4) is 0 Å². The first-order valence-electron chi connectivity index (χ1n) is 5.93. The molecule has 1 fully saturated rings. The third kappa shape index (κ3) is 5.86. The maximum Gasteiger partial charge on any atom is 0.258 e. The number of para-hydroxylation sites is 1. The normalized spacial score (nSPS) is 15.9. The first-order chi connectivity index (χ1) is 8.24. The van der Waals surface area contributed by atoms with Crippen molar-refractivity contribution in [2.75, 3.05) is 5.01 Å². The van der Waals surface area contributed by atoms with Crippen molar-refractivity contribution in [2.45, 2.75) is 26.2 Å². The van der Waals surface area contributed by atoms with Gasteiger partial charge in [0.1, 0.15) is 5.92 Å². The molecule has 0 saturated carbocycles. The van der Waals surface area contributed by atoms with Crippen LogP contribution in [0, 0.1) is 5.92 Å². The monoisotopic (exact) mass is 372 g/mol. The number of hydrogen-bond acceptors (Lipinski definition) is 2. The minimum atomic E-state index is -0.518. The van der Waals surface area contributed by atoms with Gasteiger partial charge in [0.05, 0.1) is 5.69 Å². The molecule has 1 N–H and O–H groups in total. The van der Waals surface area contributed by atoms with Gasteiger partial charge in [-0.05, 0) is 29.5 Å². The Labute approximate surface area is 148 Å². The van der Waals surface area contributed by atoms with Gasteiger partial charge in [-0.3, -0.25) is 15.0 Å². The highest BCUT2D eigenvalue weighted by atomic mass is 35.5. The Hall–Kier alpha value is -0.753. The van der Waals surface area contributed by atoms with Crippen molar-refractivity contribution in [1.29, 1.82) is 0 Å². The molecule has 1 aromatic rings. The highest BCUT2D eigenvalue weighted by Gasteiger charge is 2.39. The van der Waals surface area contributed by atoms with Crippen LogP contribution in [-0.2, 0) is 9.59 Å². The number of nitrogens with one attached hydrogen (secondary N) is 1. The third-order valence-corrected chi connectivity index (χ3v) is 2.92. The van der Waals surface area contributed by atoms with E-state index >= 15 is 0 Å². The van der Waals surface area contributed by atoms with Gasteiger partial charge >= 0.3 is 0 Å². The Morgan fingerprint density at radius 2 is 1.67 bits per heavy atom. The quantitative estimate of drug-likeness (QED) is 0.645. The predicted molar refractivity (Wildman–Crippen MR) is 98.2 cm³/mol. The molecule has 0 radical (unpaired) electrons. The summed E-state index contributed by atoms with van der Waals surface area (Å²) in [5.41, 5.74) is 3.34. The summed E-state index contributed by atoms with van der Waals surface area (Å²) in [6.07, 6.45) is 2.51. The van der Waals surface area contributed by atoms with Crippen LogP contribution in [0.3, 0.4) is 0 Å². The molecule has 1 aromatic carbocycles. The number of halogens is 3. The Balaban J connectivity index is -0.000000810. The molecule has 1 atom stereocenters. The highest BCUT2D eigenvalue weighted by molar-refractivity contribution is 6.14. The summed E-state index contributed by atoms with van der Waals surface area (Å²) in [6, 6.07) is 9.17. The molecule has 8 heteroatoms. The number of unbranched alkanes of at least 4 members (excludes halogenated alkanes) is 1. The van der Waals surface area contributed by atoms with Crippen molar-refractivity contribution in [3.05, 3.63) is 30.3 Å². The zero-order chi connectivity index (χ0) is 12.3. The van der Waals surface area contributed by atoms with Crippen LogP contribution in [0.2, 0.25) is 0 Å². The lowest BCUT2D eigenvalue weighted by Crippen LogP contribution is -2.35. The molecule has 2 rings (SSSR count). The Morgan fingerprint density at radius 1 is 1.10 bits per heavy atom. The Kier molecular flexibility index (Phi) is 14.2. The minimum absolute atomic E-state index is 0. The molecule has 122 valence electrons. The van der Waals surface area contributed by atoms with Crippen LogP contribution in [0.5, 0.6) is 0 Å². The lowest BCUT2D eigenvalue weighted by molar-refractivity contribution is -0.127. The molecule has 0 aromatic heterocycles. The molecule has 0 spiro atoms. The molecule has 21 heavy (non-hydrogen) atoms. The molecule has 0 bridgehead atoms. The summed E-state index contributed by atoms with van der Waals surface area (Å²) in [7, 11) is 0. The van der Waals surface area contributed by atoms with Gasteiger partial charge in [-0.25, -0.2) is 5.01 Å². The van der Waals surface area contributed by atoms with Crippen molar-refractivity contribution in [3.63, 3.8) is 0 Å². The van der Waals surface area contributed by atoms with E-state index in [0.29, 0.717) is 12.1 Å². The van der Waals surface area contributed by atoms with E-state index in [1.165, 1.54) is 5.01 Å². The topological polar surface area (TPSA) is 49.4 Å². The molecule has 1 unspecified atom stereocenters. The van der Waals surface area contributed by atoms with Crippen molar-refractivity contribution in [1.82, 2.24) is 5.43 Å². The number of anilines is 1. The molecular weight excluding hydrogens is 351 g/mol. The number of hydrogen-bond donors (Lipinski definition) is 1. The molecular formula is C13H23Cl3N2O2Si. The number of hydrazine groups is 1. The van der Waals surface area contributed by atoms with E-state index in [-0.39, 0.29) is 60.0 Å². The summed E-state index contributed by atoms with van der Waals surface area (Å²) in [5, 5.41) is 1.35. The van der Waals surface area contributed by atoms with E-state index in [2.05, 4.69) is 5.43 Å². The van der Waals surface area contributed by atoms with Crippen molar-refractivity contribution in [2.24, 2.45) is 5.92 Å². The lowest BCUT2D eigenvalue weighted by atomic mass is 10.0. The average molecular weight is 374 g/mol. The average Bonchev–Trinajstić information content (AvgIpc) is 2.64. The largest absolute Gasteiger partial charge is 0.272 e. The molecule has 2 amide bonds. The predicted octanol–water partition coefficient (Wildman–Crippen LogP) is 1.68. The highest BCUT2D eigenvalue weighted by Crippen LogP contribution is 2.22. The molecule has 1 heterocycles. The summed E-state index contributed by atoms with van der Waals surface area (Å²) < 4.78 is 0. The second-order valence-corrected chi connectivity index (χ2v) is 4.18. The van der Waals surface area contributed by atoms with Crippen LogP contribution < -0.4 is 10.4 Å². The third-order valence-electron chi connectivity index (χ3n) is 2.92.